The standard InChI is InChI=1S/C18H21NO5S/c1-22-14-9-10-17(23-2)18(11-14)25(20,21)19-12-15-8-7-13-5-3-4-6-16(13)24-15/h3-6,9-11,15,19H,7-8,12H2,1-2H3. The van der Waals surface area contributed by atoms with E-state index in [-0.39, 0.29) is 23.3 Å². The Bertz CT molecular complexity index is 850. The van der Waals surface area contributed by atoms with Crippen LogP contribution in [0.1, 0.15) is 12.0 Å². The molecule has 1 aliphatic rings. The summed E-state index contributed by atoms with van der Waals surface area (Å²) in [6.07, 6.45) is 1.42. The lowest BCUT2D eigenvalue weighted by Gasteiger charge is -2.26. The number of hydrogen-bond acceptors (Lipinski definition) is 5. The summed E-state index contributed by atoms with van der Waals surface area (Å²) >= 11 is 0. The Balaban J connectivity index is 1.73. The van der Waals surface area contributed by atoms with Crippen LogP contribution < -0.4 is 18.9 Å². The zero-order valence-corrected chi connectivity index (χ0v) is 15.0. The maximum absolute atomic E-state index is 12.7. The molecule has 25 heavy (non-hydrogen) atoms. The van der Waals surface area contributed by atoms with Crippen LogP contribution in [0.2, 0.25) is 0 Å². The molecule has 1 aliphatic heterocycles. The van der Waals surface area contributed by atoms with Crippen LogP contribution in [0.25, 0.3) is 0 Å². The zero-order valence-electron chi connectivity index (χ0n) is 14.2. The summed E-state index contributed by atoms with van der Waals surface area (Å²) in [5, 5.41) is 0. The summed E-state index contributed by atoms with van der Waals surface area (Å²) in [7, 11) is -0.830. The van der Waals surface area contributed by atoms with Crippen molar-refractivity contribution in [3.63, 3.8) is 0 Å². The third-order valence-corrected chi connectivity index (χ3v) is 5.61. The van der Waals surface area contributed by atoms with Gasteiger partial charge in [0.05, 0.1) is 14.2 Å². The molecule has 134 valence electrons. The van der Waals surface area contributed by atoms with E-state index in [4.69, 9.17) is 14.2 Å². The van der Waals surface area contributed by atoms with Gasteiger partial charge in [-0.05, 0) is 36.6 Å². The highest BCUT2D eigenvalue weighted by molar-refractivity contribution is 7.89. The molecule has 0 saturated carbocycles. The van der Waals surface area contributed by atoms with Crippen LogP contribution in [0.15, 0.2) is 47.4 Å². The van der Waals surface area contributed by atoms with E-state index in [1.165, 1.54) is 20.3 Å². The number of sulfonamides is 1. The van der Waals surface area contributed by atoms with Gasteiger partial charge in [0, 0.05) is 12.6 Å². The van der Waals surface area contributed by atoms with Crippen molar-refractivity contribution in [3.05, 3.63) is 48.0 Å². The van der Waals surface area contributed by atoms with Crippen molar-refractivity contribution in [1.29, 1.82) is 0 Å². The first kappa shape index (κ1) is 17.6. The molecule has 0 saturated heterocycles. The molecule has 0 bridgehead atoms. The van der Waals surface area contributed by atoms with Gasteiger partial charge in [0.1, 0.15) is 28.2 Å². The molecule has 1 unspecified atom stereocenters. The Morgan fingerprint density at radius 2 is 1.96 bits per heavy atom. The minimum absolute atomic E-state index is 0.0468. The maximum Gasteiger partial charge on any atom is 0.244 e. The van der Waals surface area contributed by atoms with Crippen LogP contribution in [0, 0.1) is 0 Å². The lowest BCUT2D eigenvalue weighted by Crippen LogP contribution is -2.37. The number of benzene rings is 2. The summed E-state index contributed by atoms with van der Waals surface area (Å²) in [5.41, 5.74) is 1.15. The summed E-state index contributed by atoms with van der Waals surface area (Å²) in [5.74, 6) is 1.53. The number of hydrogen-bond donors (Lipinski definition) is 1. The summed E-state index contributed by atoms with van der Waals surface area (Å²) < 4.78 is 44.1. The maximum atomic E-state index is 12.7. The van der Waals surface area contributed by atoms with E-state index >= 15 is 0 Å². The predicted molar refractivity (Wildman–Crippen MR) is 93.9 cm³/mol. The van der Waals surface area contributed by atoms with Gasteiger partial charge in [-0.3, -0.25) is 0 Å². The van der Waals surface area contributed by atoms with Crippen LogP contribution in [-0.2, 0) is 16.4 Å². The van der Waals surface area contributed by atoms with Crippen molar-refractivity contribution in [3.8, 4) is 17.2 Å². The van der Waals surface area contributed by atoms with Crippen molar-refractivity contribution in [2.45, 2.75) is 23.8 Å². The van der Waals surface area contributed by atoms with Crippen LogP contribution in [0.5, 0.6) is 17.2 Å². The normalized spacial score (nSPS) is 16.6. The largest absolute Gasteiger partial charge is 0.497 e. The molecule has 2 aromatic rings. The van der Waals surface area contributed by atoms with E-state index in [0.29, 0.717) is 5.75 Å². The lowest BCUT2D eigenvalue weighted by molar-refractivity contribution is 0.177. The monoisotopic (exact) mass is 363 g/mol. The molecule has 0 aromatic heterocycles. The van der Waals surface area contributed by atoms with Crippen LogP contribution in [0.3, 0.4) is 0 Å². The average Bonchev–Trinajstić information content (AvgIpc) is 2.65. The van der Waals surface area contributed by atoms with E-state index in [1.807, 2.05) is 24.3 Å². The number of para-hydroxylation sites is 1. The predicted octanol–water partition coefficient (Wildman–Crippen LogP) is 2.38. The summed E-state index contributed by atoms with van der Waals surface area (Å²) in [6.45, 7) is 0.191. The Morgan fingerprint density at radius 3 is 2.72 bits per heavy atom. The fraction of sp³-hybridized carbons (Fsp3) is 0.333. The van der Waals surface area contributed by atoms with Crippen molar-refractivity contribution in [1.82, 2.24) is 4.72 Å². The molecule has 7 heteroatoms. The van der Waals surface area contributed by atoms with E-state index < -0.39 is 10.0 Å². The number of nitrogens with one attached hydrogen (secondary N) is 1. The second-order valence-electron chi connectivity index (χ2n) is 5.75. The molecule has 0 spiro atoms. The Hall–Kier alpha value is -2.25. The zero-order chi connectivity index (χ0) is 17.9. The highest BCUT2D eigenvalue weighted by Gasteiger charge is 2.24. The van der Waals surface area contributed by atoms with Gasteiger partial charge in [-0.25, -0.2) is 13.1 Å². The van der Waals surface area contributed by atoms with Gasteiger partial charge >= 0.3 is 0 Å². The molecule has 6 nitrogen and oxygen atoms in total. The first-order valence-corrected chi connectivity index (χ1v) is 9.48. The van der Waals surface area contributed by atoms with Gasteiger partial charge in [-0.2, -0.15) is 0 Å². The van der Waals surface area contributed by atoms with Crippen LogP contribution >= 0.6 is 0 Å². The number of aryl methyl sites for hydroxylation is 1. The number of methoxy groups -OCH3 is 2. The number of fused-ring (bicyclic) bond motifs is 1. The Kier molecular flexibility index (Phi) is 5.15. The molecule has 2 aromatic carbocycles. The van der Waals surface area contributed by atoms with Crippen molar-refractivity contribution < 1.29 is 22.6 Å². The van der Waals surface area contributed by atoms with Crippen molar-refractivity contribution in [2.24, 2.45) is 0 Å². The molecule has 1 atom stereocenters. The first-order valence-electron chi connectivity index (χ1n) is 8.00. The van der Waals surface area contributed by atoms with Gasteiger partial charge in [-0.1, -0.05) is 18.2 Å². The minimum atomic E-state index is -3.75. The highest BCUT2D eigenvalue weighted by Crippen LogP contribution is 2.29. The molecule has 0 amide bonds. The number of ether oxygens (including phenoxy) is 3. The first-order chi connectivity index (χ1) is 12.0. The fourth-order valence-corrected chi connectivity index (χ4v) is 4.05. The molecule has 1 N–H and O–H groups in total. The van der Waals surface area contributed by atoms with Gasteiger partial charge < -0.3 is 14.2 Å². The topological polar surface area (TPSA) is 73.9 Å². The SMILES string of the molecule is COc1ccc(OC)c(S(=O)(=O)NCC2CCc3ccccc3O2)c1. The second kappa shape index (κ2) is 7.33. The summed E-state index contributed by atoms with van der Waals surface area (Å²) in [6, 6.07) is 12.5. The molecule has 0 aliphatic carbocycles. The quantitative estimate of drug-likeness (QED) is 0.853. The average molecular weight is 363 g/mol. The van der Waals surface area contributed by atoms with E-state index in [1.54, 1.807) is 12.1 Å². The van der Waals surface area contributed by atoms with Crippen molar-refractivity contribution in [2.75, 3.05) is 20.8 Å². The molecule has 0 fully saturated rings. The smallest absolute Gasteiger partial charge is 0.244 e. The summed E-state index contributed by atoms with van der Waals surface area (Å²) in [4.78, 5) is 0.0468. The third kappa shape index (κ3) is 3.88. The highest BCUT2D eigenvalue weighted by atomic mass is 32.2. The third-order valence-electron chi connectivity index (χ3n) is 4.16. The molecule has 0 radical (unpaired) electrons. The number of rotatable bonds is 6. The minimum Gasteiger partial charge on any atom is -0.497 e. The van der Waals surface area contributed by atoms with E-state index in [9.17, 15) is 8.42 Å². The molecular formula is C18H21NO5S. The van der Waals surface area contributed by atoms with E-state index in [0.717, 1.165) is 24.2 Å². The Labute approximate surface area is 147 Å². The molecular weight excluding hydrogens is 342 g/mol. The molecule has 1 heterocycles. The fourth-order valence-electron chi connectivity index (χ4n) is 2.80. The Morgan fingerprint density at radius 1 is 1.16 bits per heavy atom. The van der Waals surface area contributed by atoms with Gasteiger partial charge in [-0.15, -0.1) is 0 Å². The second-order valence-corrected chi connectivity index (χ2v) is 7.49. The van der Waals surface area contributed by atoms with Crippen LogP contribution in [0.4, 0.5) is 0 Å². The lowest BCUT2D eigenvalue weighted by atomic mass is 10.0. The molecule has 3 rings (SSSR count). The van der Waals surface area contributed by atoms with Crippen molar-refractivity contribution >= 4 is 10.0 Å². The van der Waals surface area contributed by atoms with Gasteiger partial charge in [0.15, 0.2) is 0 Å². The van der Waals surface area contributed by atoms with Crippen LogP contribution in [-0.4, -0.2) is 35.3 Å². The van der Waals surface area contributed by atoms with E-state index in [2.05, 4.69) is 4.72 Å². The van der Waals surface area contributed by atoms with Gasteiger partial charge in [0.2, 0.25) is 10.0 Å². The van der Waals surface area contributed by atoms with Gasteiger partial charge in [0.25, 0.3) is 0 Å².